The van der Waals surface area contributed by atoms with Gasteiger partial charge in [0.2, 0.25) is 5.89 Å². The average molecular weight is 347 g/mol. The molecule has 1 aromatic heterocycles. The molecule has 1 N–H and O–H groups in total. The lowest BCUT2D eigenvalue weighted by molar-refractivity contribution is -0.132. The van der Waals surface area contributed by atoms with E-state index in [0.29, 0.717) is 11.8 Å². The zero-order valence-electron chi connectivity index (χ0n) is 15.0. The molecule has 3 amide bonds. The third kappa shape index (κ3) is 2.72. The topological polar surface area (TPSA) is 91.6 Å². The summed E-state index contributed by atoms with van der Waals surface area (Å²) in [7, 11) is 1.53. The van der Waals surface area contributed by atoms with E-state index in [1.54, 1.807) is 0 Å². The fraction of sp³-hybridized carbons (Fsp3) is 0.765. The summed E-state index contributed by atoms with van der Waals surface area (Å²) in [4.78, 5) is 32.5. The van der Waals surface area contributed by atoms with Crippen molar-refractivity contribution in [2.24, 2.45) is 5.92 Å². The predicted octanol–water partition coefficient (Wildman–Crippen LogP) is 1.66. The van der Waals surface area contributed by atoms with E-state index in [2.05, 4.69) is 27.3 Å². The van der Waals surface area contributed by atoms with E-state index >= 15 is 0 Å². The number of nitrogens with one attached hydrogen (secondary N) is 1. The second-order valence-corrected chi connectivity index (χ2v) is 7.77. The molecule has 3 aliphatic rings. The van der Waals surface area contributed by atoms with Crippen molar-refractivity contribution in [2.75, 3.05) is 20.1 Å². The van der Waals surface area contributed by atoms with Crippen LogP contribution in [0.4, 0.5) is 4.79 Å². The standard InChI is InChI=1S/C17H25N5O3/c1-10(14-18-13(20-25-14)11-6-7-11)22-8-4-5-12(9-22)17(2)15(23)21(3)16(24)19-17/h10-12H,4-9H2,1-3H3,(H,19,24)/t10-,12-,17+/m1/s1. The highest BCUT2D eigenvalue weighted by Gasteiger charge is 2.52. The molecular formula is C17H25N5O3. The van der Waals surface area contributed by atoms with Gasteiger partial charge in [0.15, 0.2) is 5.82 Å². The minimum absolute atomic E-state index is 0.0105. The highest BCUT2D eigenvalue weighted by atomic mass is 16.5. The summed E-state index contributed by atoms with van der Waals surface area (Å²) in [5.74, 6) is 1.86. The van der Waals surface area contributed by atoms with Gasteiger partial charge in [0.25, 0.3) is 5.91 Å². The van der Waals surface area contributed by atoms with Crippen LogP contribution in [0.15, 0.2) is 4.52 Å². The number of hydrogen-bond donors (Lipinski definition) is 1. The van der Waals surface area contributed by atoms with Crippen LogP contribution in [0.1, 0.15) is 63.2 Å². The average Bonchev–Trinajstić information content (AvgIpc) is 3.32. The molecule has 0 unspecified atom stereocenters. The number of piperidine rings is 1. The van der Waals surface area contributed by atoms with Crippen LogP contribution in [0.2, 0.25) is 0 Å². The van der Waals surface area contributed by atoms with Crippen LogP contribution >= 0.6 is 0 Å². The van der Waals surface area contributed by atoms with Crippen molar-refractivity contribution in [1.82, 2.24) is 25.3 Å². The summed E-state index contributed by atoms with van der Waals surface area (Å²) in [6.45, 7) is 5.55. The Labute approximate surface area is 146 Å². The molecule has 1 aliphatic carbocycles. The van der Waals surface area contributed by atoms with Gasteiger partial charge in [-0.25, -0.2) is 4.79 Å². The lowest BCUT2D eigenvalue weighted by Crippen LogP contribution is -2.56. The second kappa shape index (κ2) is 5.79. The molecule has 0 spiro atoms. The Kier molecular flexibility index (Phi) is 3.82. The lowest BCUT2D eigenvalue weighted by atomic mass is 9.79. The number of likely N-dealkylation sites (N-methyl/N-ethyl adjacent to an activating group) is 1. The van der Waals surface area contributed by atoms with Gasteiger partial charge in [0.1, 0.15) is 5.54 Å². The summed E-state index contributed by atoms with van der Waals surface area (Å²) < 4.78 is 5.47. The molecule has 3 fully saturated rings. The van der Waals surface area contributed by atoms with Crippen molar-refractivity contribution in [1.29, 1.82) is 0 Å². The highest BCUT2D eigenvalue weighted by Crippen LogP contribution is 2.39. The number of aromatic nitrogens is 2. The molecule has 8 nitrogen and oxygen atoms in total. The van der Waals surface area contributed by atoms with Crippen LogP contribution < -0.4 is 5.32 Å². The summed E-state index contributed by atoms with van der Waals surface area (Å²) in [6.07, 6.45) is 4.18. The van der Waals surface area contributed by atoms with Crippen molar-refractivity contribution >= 4 is 11.9 Å². The van der Waals surface area contributed by atoms with E-state index in [4.69, 9.17) is 4.52 Å². The summed E-state index contributed by atoms with van der Waals surface area (Å²) in [5.41, 5.74) is -0.835. The smallest absolute Gasteiger partial charge is 0.324 e. The van der Waals surface area contributed by atoms with Crippen LogP contribution in [-0.2, 0) is 4.79 Å². The molecule has 3 heterocycles. The molecule has 136 valence electrons. The number of likely N-dealkylation sites (tertiary alicyclic amines) is 1. The van der Waals surface area contributed by atoms with Gasteiger partial charge >= 0.3 is 6.03 Å². The number of rotatable bonds is 4. The van der Waals surface area contributed by atoms with Crippen molar-refractivity contribution < 1.29 is 14.1 Å². The van der Waals surface area contributed by atoms with Crippen LogP contribution in [0.5, 0.6) is 0 Å². The number of imide groups is 1. The maximum absolute atomic E-state index is 12.6. The molecule has 8 heteroatoms. The maximum Gasteiger partial charge on any atom is 0.324 e. The van der Waals surface area contributed by atoms with Crippen molar-refractivity contribution in [3.8, 4) is 0 Å². The molecule has 1 saturated carbocycles. The first-order chi connectivity index (χ1) is 11.9. The fourth-order valence-corrected chi connectivity index (χ4v) is 3.99. The van der Waals surface area contributed by atoms with E-state index in [1.807, 2.05) is 6.92 Å². The van der Waals surface area contributed by atoms with Gasteiger partial charge in [0, 0.05) is 25.4 Å². The minimum atomic E-state index is -0.835. The Morgan fingerprint density at radius 1 is 1.32 bits per heavy atom. The third-order valence-electron chi connectivity index (χ3n) is 5.99. The van der Waals surface area contributed by atoms with Crippen molar-refractivity contribution in [2.45, 2.75) is 57.0 Å². The second-order valence-electron chi connectivity index (χ2n) is 7.77. The van der Waals surface area contributed by atoms with Crippen LogP contribution in [0.25, 0.3) is 0 Å². The molecular weight excluding hydrogens is 322 g/mol. The quantitative estimate of drug-likeness (QED) is 0.833. The molecule has 0 radical (unpaired) electrons. The zero-order chi connectivity index (χ0) is 17.8. The fourth-order valence-electron chi connectivity index (χ4n) is 3.99. The van der Waals surface area contributed by atoms with Gasteiger partial charge in [-0.1, -0.05) is 5.16 Å². The van der Waals surface area contributed by atoms with Crippen molar-refractivity contribution in [3.05, 3.63) is 11.7 Å². The number of nitrogens with zero attached hydrogens (tertiary/aromatic N) is 4. The van der Waals surface area contributed by atoms with E-state index < -0.39 is 5.54 Å². The van der Waals surface area contributed by atoms with Crippen LogP contribution in [-0.4, -0.2) is 57.6 Å². The lowest BCUT2D eigenvalue weighted by Gasteiger charge is -2.41. The monoisotopic (exact) mass is 347 g/mol. The minimum Gasteiger partial charge on any atom is -0.338 e. The largest absolute Gasteiger partial charge is 0.338 e. The van der Waals surface area contributed by atoms with E-state index in [-0.39, 0.29) is 23.9 Å². The molecule has 1 aromatic rings. The molecule has 2 aliphatic heterocycles. The summed E-state index contributed by atoms with van der Waals surface area (Å²) in [5, 5.41) is 6.99. The molecule has 0 aromatic carbocycles. The molecule has 3 atom stereocenters. The first kappa shape index (κ1) is 16.5. The first-order valence-corrected chi connectivity index (χ1v) is 9.08. The maximum atomic E-state index is 12.6. The van der Waals surface area contributed by atoms with Crippen LogP contribution in [0.3, 0.4) is 0 Å². The van der Waals surface area contributed by atoms with Gasteiger partial charge in [-0.2, -0.15) is 4.98 Å². The number of hydrogen-bond acceptors (Lipinski definition) is 6. The number of carbonyl (C=O) groups excluding carboxylic acids is 2. The van der Waals surface area contributed by atoms with E-state index in [0.717, 1.165) is 44.6 Å². The Hall–Kier alpha value is -1.96. The Bertz CT molecular complexity index is 700. The van der Waals surface area contributed by atoms with Gasteiger partial charge in [0.05, 0.1) is 6.04 Å². The van der Waals surface area contributed by atoms with Gasteiger partial charge in [-0.05, 0) is 46.1 Å². The number of carbonyl (C=O) groups is 2. The molecule has 2 saturated heterocycles. The van der Waals surface area contributed by atoms with E-state index in [1.165, 1.54) is 11.9 Å². The number of urea groups is 1. The Morgan fingerprint density at radius 3 is 2.72 bits per heavy atom. The Balaban J connectivity index is 1.48. The van der Waals surface area contributed by atoms with Crippen molar-refractivity contribution in [3.63, 3.8) is 0 Å². The van der Waals surface area contributed by atoms with Gasteiger partial charge < -0.3 is 9.84 Å². The van der Waals surface area contributed by atoms with Gasteiger partial charge in [-0.3, -0.25) is 14.6 Å². The Morgan fingerprint density at radius 2 is 2.08 bits per heavy atom. The van der Waals surface area contributed by atoms with Crippen LogP contribution in [0, 0.1) is 5.92 Å². The molecule has 0 bridgehead atoms. The summed E-state index contributed by atoms with van der Waals surface area (Å²) >= 11 is 0. The molecule has 25 heavy (non-hydrogen) atoms. The summed E-state index contributed by atoms with van der Waals surface area (Å²) in [6, 6.07) is -0.306. The SMILES string of the molecule is C[C@H](c1nc(C2CC2)no1)N1CCC[C@@H]([C@]2(C)NC(=O)N(C)C2=O)C1. The normalized spacial score (nSPS) is 32.1. The molecule has 4 rings (SSSR count). The van der Waals surface area contributed by atoms with E-state index in [9.17, 15) is 9.59 Å². The number of amides is 3. The first-order valence-electron chi connectivity index (χ1n) is 9.08. The zero-order valence-corrected chi connectivity index (χ0v) is 15.0. The predicted molar refractivity (Wildman–Crippen MR) is 88.7 cm³/mol. The van der Waals surface area contributed by atoms with Gasteiger partial charge in [-0.15, -0.1) is 0 Å². The highest BCUT2D eigenvalue weighted by molar-refractivity contribution is 6.06. The third-order valence-corrected chi connectivity index (χ3v) is 5.99.